The molecule has 0 atom stereocenters. The smallest absolute Gasteiger partial charge is 0.100 e. The summed E-state index contributed by atoms with van der Waals surface area (Å²) in [5, 5.41) is 0. The van der Waals surface area contributed by atoms with Crippen LogP contribution < -0.4 is 0 Å². The van der Waals surface area contributed by atoms with Gasteiger partial charge >= 0.3 is 0 Å². The number of benzene rings is 2. The van der Waals surface area contributed by atoms with Crippen LogP contribution in [0.15, 0.2) is 73.3 Å². The molecular weight excluding hydrogens is 286 g/mol. The molecule has 4 nitrogen and oxygen atoms in total. The average Bonchev–Trinajstić information content (AvgIpc) is 3.25. The molecule has 0 bridgehead atoms. The van der Waals surface area contributed by atoms with Gasteiger partial charge in [-0.2, -0.15) is 0 Å². The largest absolute Gasteiger partial charge is 0.380 e. The van der Waals surface area contributed by atoms with Crippen molar-refractivity contribution in [3.05, 3.63) is 78.9 Å². The number of ether oxygens (including phenoxy) is 1. The van der Waals surface area contributed by atoms with Gasteiger partial charge in [0.15, 0.2) is 0 Å². The van der Waals surface area contributed by atoms with Gasteiger partial charge in [-0.1, -0.05) is 12.1 Å². The molecule has 0 unspecified atom stereocenters. The second kappa shape index (κ2) is 5.74. The van der Waals surface area contributed by atoms with Crippen LogP contribution in [0.25, 0.3) is 22.4 Å². The highest BCUT2D eigenvalue weighted by Crippen LogP contribution is 2.21. The zero-order valence-corrected chi connectivity index (χ0v) is 12.9. The van der Waals surface area contributed by atoms with E-state index in [2.05, 4.69) is 56.6 Å². The van der Waals surface area contributed by atoms with Crippen LogP contribution in [0.2, 0.25) is 0 Å². The Kier molecular flexibility index (Phi) is 3.44. The van der Waals surface area contributed by atoms with Gasteiger partial charge in [-0.05, 0) is 48.0 Å². The maximum absolute atomic E-state index is 5.19. The van der Waals surface area contributed by atoms with E-state index in [1.54, 1.807) is 7.11 Å². The Balaban J connectivity index is 1.79. The molecule has 23 heavy (non-hydrogen) atoms. The van der Waals surface area contributed by atoms with Crippen LogP contribution in [0.3, 0.4) is 0 Å². The van der Waals surface area contributed by atoms with E-state index in [0.29, 0.717) is 6.61 Å². The average molecular weight is 303 g/mol. The topological polar surface area (TPSA) is 32.0 Å². The summed E-state index contributed by atoms with van der Waals surface area (Å²) >= 11 is 0. The minimum atomic E-state index is 0.603. The van der Waals surface area contributed by atoms with E-state index in [4.69, 9.17) is 4.74 Å². The van der Waals surface area contributed by atoms with Crippen molar-refractivity contribution in [3.8, 4) is 11.4 Å². The lowest BCUT2D eigenvalue weighted by atomic mass is 10.2. The van der Waals surface area contributed by atoms with E-state index in [1.807, 2.05) is 30.9 Å². The molecule has 0 aliphatic heterocycles. The van der Waals surface area contributed by atoms with Crippen molar-refractivity contribution < 1.29 is 4.74 Å². The summed E-state index contributed by atoms with van der Waals surface area (Å²) in [4.78, 5) is 4.53. The van der Waals surface area contributed by atoms with Crippen LogP contribution in [0.5, 0.6) is 0 Å². The minimum Gasteiger partial charge on any atom is -0.380 e. The molecule has 4 heteroatoms. The van der Waals surface area contributed by atoms with Crippen LogP contribution in [-0.4, -0.2) is 21.2 Å². The fourth-order valence-corrected chi connectivity index (χ4v) is 2.83. The first kappa shape index (κ1) is 13.8. The molecule has 0 saturated carbocycles. The first-order chi connectivity index (χ1) is 11.3. The van der Waals surface area contributed by atoms with E-state index in [-0.39, 0.29) is 0 Å². The first-order valence-corrected chi connectivity index (χ1v) is 7.54. The number of imidazole rings is 1. The number of hydrogen-bond donors (Lipinski definition) is 0. The SMILES string of the molecule is COCc1ccc2c(c1)ncn2-c1cccc(-n2cccc2)c1. The Hall–Kier alpha value is -2.85. The Labute approximate surface area is 134 Å². The third kappa shape index (κ3) is 2.53. The van der Waals surface area contributed by atoms with Gasteiger partial charge in [0.2, 0.25) is 0 Å². The molecule has 0 aliphatic rings. The molecule has 2 aromatic carbocycles. The van der Waals surface area contributed by atoms with Crippen molar-refractivity contribution in [1.82, 2.24) is 14.1 Å². The Morgan fingerprint density at radius 2 is 1.78 bits per heavy atom. The van der Waals surface area contributed by atoms with Crippen LogP contribution in [0, 0.1) is 0 Å². The van der Waals surface area contributed by atoms with E-state index >= 15 is 0 Å². The van der Waals surface area contributed by atoms with Gasteiger partial charge in [0.25, 0.3) is 0 Å². The molecular formula is C19H17N3O. The molecule has 114 valence electrons. The molecule has 4 aromatic rings. The van der Waals surface area contributed by atoms with Crippen molar-refractivity contribution in [2.45, 2.75) is 6.61 Å². The van der Waals surface area contributed by atoms with Crippen LogP contribution >= 0.6 is 0 Å². The third-order valence-electron chi connectivity index (χ3n) is 3.93. The van der Waals surface area contributed by atoms with Gasteiger partial charge < -0.3 is 9.30 Å². The highest BCUT2D eigenvalue weighted by molar-refractivity contribution is 5.78. The fourth-order valence-electron chi connectivity index (χ4n) is 2.83. The highest BCUT2D eigenvalue weighted by Gasteiger charge is 2.06. The zero-order valence-electron chi connectivity index (χ0n) is 12.9. The van der Waals surface area contributed by atoms with Gasteiger partial charge in [-0.25, -0.2) is 4.98 Å². The van der Waals surface area contributed by atoms with Gasteiger partial charge in [0.05, 0.1) is 17.6 Å². The second-order valence-electron chi connectivity index (χ2n) is 5.48. The lowest BCUT2D eigenvalue weighted by molar-refractivity contribution is 0.185. The summed E-state index contributed by atoms with van der Waals surface area (Å²) < 4.78 is 9.39. The summed E-state index contributed by atoms with van der Waals surface area (Å²) in [6.45, 7) is 0.603. The Bertz CT molecular complexity index is 938. The summed E-state index contributed by atoms with van der Waals surface area (Å²) in [5.74, 6) is 0. The highest BCUT2D eigenvalue weighted by atomic mass is 16.5. The molecule has 0 radical (unpaired) electrons. The van der Waals surface area contributed by atoms with E-state index in [1.165, 1.54) is 0 Å². The molecule has 0 amide bonds. The van der Waals surface area contributed by atoms with E-state index < -0.39 is 0 Å². The van der Waals surface area contributed by atoms with Crippen LogP contribution in [-0.2, 0) is 11.3 Å². The van der Waals surface area contributed by atoms with Gasteiger partial charge in [0.1, 0.15) is 6.33 Å². The van der Waals surface area contributed by atoms with Gasteiger partial charge in [-0.15, -0.1) is 0 Å². The first-order valence-electron chi connectivity index (χ1n) is 7.54. The van der Waals surface area contributed by atoms with E-state index in [9.17, 15) is 0 Å². The maximum atomic E-state index is 5.19. The van der Waals surface area contributed by atoms with Crippen molar-refractivity contribution in [2.24, 2.45) is 0 Å². The lowest BCUT2D eigenvalue weighted by Crippen LogP contribution is -1.96. The maximum Gasteiger partial charge on any atom is 0.100 e. The van der Waals surface area contributed by atoms with Crippen molar-refractivity contribution in [3.63, 3.8) is 0 Å². The Morgan fingerprint density at radius 1 is 0.957 bits per heavy atom. The summed E-state index contributed by atoms with van der Waals surface area (Å²) in [7, 11) is 1.70. The fraction of sp³-hybridized carbons (Fsp3) is 0.105. The van der Waals surface area contributed by atoms with Crippen molar-refractivity contribution >= 4 is 11.0 Å². The van der Waals surface area contributed by atoms with Gasteiger partial charge in [0, 0.05) is 30.9 Å². The standard InChI is InChI=1S/C19H17N3O/c1-23-13-15-7-8-19-18(11-15)20-14-22(19)17-6-4-5-16(12-17)21-9-2-3-10-21/h2-12,14H,13H2,1H3. The van der Waals surface area contributed by atoms with Crippen molar-refractivity contribution in [1.29, 1.82) is 0 Å². The summed E-state index contributed by atoms with van der Waals surface area (Å²) in [6, 6.07) is 18.7. The minimum absolute atomic E-state index is 0.603. The number of aromatic nitrogens is 3. The van der Waals surface area contributed by atoms with E-state index in [0.717, 1.165) is 28.0 Å². The van der Waals surface area contributed by atoms with Gasteiger partial charge in [-0.3, -0.25) is 4.57 Å². The lowest BCUT2D eigenvalue weighted by Gasteiger charge is -2.08. The quantitative estimate of drug-likeness (QED) is 0.571. The molecule has 0 fully saturated rings. The molecule has 2 aromatic heterocycles. The number of fused-ring (bicyclic) bond motifs is 1. The monoisotopic (exact) mass is 303 g/mol. The molecule has 0 N–H and O–H groups in total. The van der Waals surface area contributed by atoms with Crippen LogP contribution in [0.1, 0.15) is 5.56 Å². The number of nitrogens with zero attached hydrogens (tertiary/aromatic N) is 3. The predicted molar refractivity (Wildman–Crippen MR) is 91.1 cm³/mol. The molecule has 2 heterocycles. The van der Waals surface area contributed by atoms with Crippen LogP contribution in [0.4, 0.5) is 0 Å². The molecule has 0 spiro atoms. The summed E-state index contributed by atoms with van der Waals surface area (Å²) in [5.41, 5.74) is 5.43. The molecule has 0 saturated heterocycles. The number of methoxy groups -OCH3 is 1. The molecule has 4 rings (SSSR count). The Morgan fingerprint density at radius 3 is 2.61 bits per heavy atom. The normalized spacial score (nSPS) is 11.2. The zero-order chi connectivity index (χ0) is 15.6. The third-order valence-corrected chi connectivity index (χ3v) is 3.93. The van der Waals surface area contributed by atoms with Crippen molar-refractivity contribution in [2.75, 3.05) is 7.11 Å². The number of hydrogen-bond acceptors (Lipinski definition) is 2. The molecule has 0 aliphatic carbocycles. The predicted octanol–water partition coefficient (Wildman–Crippen LogP) is 3.96. The summed E-state index contributed by atoms with van der Waals surface area (Å²) in [6.07, 6.45) is 5.96. The number of rotatable bonds is 4. The second-order valence-corrected chi connectivity index (χ2v) is 5.48.